The number of rotatable bonds is 8. The van der Waals surface area contributed by atoms with Crippen LogP contribution in [0.25, 0.3) is 0 Å². The summed E-state index contributed by atoms with van der Waals surface area (Å²) in [5, 5.41) is 2.96. The minimum atomic E-state index is -0.519. The molecule has 4 heteroatoms. The van der Waals surface area contributed by atoms with E-state index in [4.69, 9.17) is 4.74 Å². The van der Waals surface area contributed by atoms with Gasteiger partial charge in [0.15, 0.2) is 6.10 Å². The van der Waals surface area contributed by atoms with E-state index < -0.39 is 6.10 Å². The summed E-state index contributed by atoms with van der Waals surface area (Å²) < 4.78 is 5.92. The first-order valence-corrected chi connectivity index (χ1v) is 10.4. The fourth-order valence-electron chi connectivity index (χ4n) is 2.75. The molecule has 1 N–H and O–H groups in total. The lowest BCUT2D eigenvalue weighted by Crippen LogP contribution is -2.32. The summed E-state index contributed by atoms with van der Waals surface area (Å²) in [6, 6.07) is 26.1. The average Bonchev–Trinajstić information content (AvgIpc) is 2.73. The number of benzene rings is 3. The van der Waals surface area contributed by atoms with Crippen LogP contribution < -0.4 is 10.1 Å². The molecule has 0 bridgehead atoms. The van der Waals surface area contributed by atoms with E-state index in [1.54, 1.807) is 11.8 Å². The SMILES string of the molecule is CC[C@H](Oc1ccccc1C)C(=O)Nc1ccc(CSc2ccccc2)cc1. The van der Waals surface area contributed by atoms with Crippen LogP contribution in [0.1, 0.15) is 24.5 Å². The molecule has 0 aliphatic carbocycles. The summed E-state index contributed by atoms with van der Waals surface area (Å²) in [7, 11) is 0. The number of anilines is 1. The molecule has 0 unspecified atom stereocenters. The van der Waals surface area contributed by atoms with Crippen molar-refractivity contribution in [2.75, 3.05) is 5.32 Å². The monoisotopic (exact) mass is 391 g/mol. The Morgan fingerprint density at radius 3 is 2.32 bits per heavy atom. The van der Waals surface area contributed by atoms with E-state index in [0.29, 0.717) is 6.42 Å². The van der Waals surface area contributed by atoms with Gasteiger partial charge in [0.05, 0.1) is 0 Å². The molecule has 3 rings (SSSR count). The van der Waals surface area contributed by atoms with Gasteiger partial charge in [-0.1, -0.05) is 55.5 Å². The molecule has 3 aromatic carbocycles. The number of thioether (sulfide) groups is 1. The molecule has 0 saturated heterocycles. The first-order valence-electron chi connectivity index (χ1n) is 9.45. The predicted octanol–water partition coefficient (Wildman–Crippen LogP) is 6.08. The third-order valence-corrected chi connectivity index (χ3v) is 5.48. The third-order valence-electron chi connectivity index (χ3n) is 4.40. The molecule has 0 aliphatic rings. The van der Waals surface area contributed by atoms with E-state index in [-0.39, 0.29) is 5.91 Å². The molecule has 0 saturated carbocycles. The lowest BCUT2D eigenvalue weighted by atomic mass is 10.2. The molecule has 0 radical (unpaired) electrons. The van der Waals surface area contributed by atoms with Gasteiger partial charge in [-0.25, -0.2) is 0 Å². The second-order valence-corrected chi connectivity index (χ2v) is 7.62. The summed E-state index contributed by atoms with van der Waals surface area (Å²) >= 11 is 1.80. The number of para-hydroxylation sites is 1. The lowest BCUT2D eigenvalue weighted by Gasteiger charge is -2.18. The number of amides is 1. The van der Waals surface area contributed by atoms with E-state index in [2.05, 4.69) is 29.6 Å². The summed E-state index contributed by atoms with van der Waals surface area (Å²) in [5.74, 6) is 1.52. The lowest BCUT2D eigenvalue weighted by molar-refractivity contribution is -0.122. The summed E-state index contributed by atoms with van der Waals surface area (Å²) in [5.41, 5.74) is 3.02. The van der Waals surface area contributed by atoms with Gasteiger partial charge in [-0.15, -0.1) is 11.8 Å². The van der Waals surface area contributed by atoms with Crippen LogP contribution in [0, 0.1) is 6.92 Å². The standard InChI is InChI=1S/C24H25NO2S/c1-3-22(27-23-12-8-7-9-18(23)2)24(26)25-20-15-13-19(14-16-20)17-28-21-10-5-4-6-11-21/h4-16,22H,3,17H2,1-2H3,(H,25,26)/t22-/m0/s1. The number of hydrogen-bond acceptors (Lipinski definition) is 3. The largest absolute Gasteiger partial charge is 0.480 e. The minimum Gasteiger partial charge on any atom is -0.480 e. The van der Waals surface area contributed by atoms with Crippen LogP contribution in [0.15, 0.2) is 83.8 Å². The van der Waals surface area contributed by atoms with Crippen molar-refractivity contribution in [3.05, 3.63) is 90.0 Å². The van der Waals surface area contributed by atoms with E-state index in [0.717, 1.165) is 22.8 Å². The molecule has 1 amide bonds. The average molecular weight is 392 g/mol. The van der Waals surface area contributed by atoms with E-state index >= 15 is 0 Å². The zero-order chi connectivity index (χ0) is 19.8. The summed E-state index contributed by atoms with van der Waals surface area (Å²) in [6.45, 7) is 3.93. The highest BCUT2D eigenvalue weighted by Gasteiger charge is 2.19. The molecule has 0 aromatic heterocycles. The number of carbonyl (C=O) groups excluding carboxylic acids is 1. The first-order chi connectivity index (χ1) is 13.7. The fraction of sp³-hybridized carbons (Fsp3) is 0.208. The Morgan fingerprint density at radius 1 is 0.964 bits per heavy atom. The quantitative estimate of drug-likeness (QED) is 0.473. The number of aryl methyl sites for hydroxylation is 1. The number of carbonyl (C=O) groups is 1. The summed E-state index contributed by atoms with van der Waals surface area (Å²) in [6.07, 6.45) is 0.0841. The fourth-order valence-corrected chi connectivity index (χ4v) is 3.63. The van der Waals surface area contributed by atoms with Crippen LogP contribution in [-0.2, 0) is 10.5 Å². The van der Waals surface area contributed by atoms with E-state index in [1.165, 1.54) is 10.5 Å². The molecule has 28 heavy (non-hydrogen) atoms. The normalized spacial score (nSPS) is 11.6. The van der Waals surface area contributed by atoms with Gasteiger partial charge in [0.2, 0.25) is 0 Å². The smallest absolute Gasteiger partial charge is 0.265 e. The van der Waals surface area contributed by atoms with Crippen molar-refractivity contribution in [1.82, 2.24) is 0 Å². The van der Waals surface area contributed by atoms with Crippen molar-refractivity contribution < 1.29 is 9.53 Å². The van der Waals surface area contributed by atoms with Gasteiger partial charge >= 0.3 is 0 Å². The summed E-state index contributed by atoms with van der Waals surface area (Å²) in [4.78, 5) is 13.9. The van der Waals surface area contributed by atoms with Gasteiger partial charge in [-0.3, -0.25) is 4.79 Å². The molecule has 0 aliphatic heterocycles. The third kappa shape index (κ3) is 5.64. The van der Waals surface area contributed by atoms with E-state index in [9.17, 15) is 4.79 Å². The molecule has 0 heterocycles. The predicted molar refractivity (Wildman–Crippen MR) is 117 cm³/mol. The van der Waals surface area contributed by atoms with Crippen LogP contribution in [0.5, 0.6) is 5.75 Å². The minimum absolute atomic E-state index is 0.128. The highest BCUT2D eigenvalue weighted by atomic mass is 32.2. The van der Waals surface area contributed by atoms with Gasteiger partial charge < -0.3 is 10.1 Å². The highest BCUT2D eigenvalue weighted by Crippen LogP contribution is 2.23. The Labute approximate surface area is 171 Å². The second kappa shape index (κ2) is 10.00. The Bertz CT molecular complexity index is 894. The molecule has 0 fully saturated rings. The van der Waals surface area contributed by atoms with Crippen LogP contribution in [0.3, 0.4) is 0 Å². The zero-order valence-corrected chi connectivity index (χ0v) is 17.0. The number of hydrogen-bond donors (Lipinski definition) is 1. The molecule has 0 spiro atoms. The van der Waals surface area contributed by atoms with Gasteiger partial charge in [-0.05, 0) is 54.8 Å². The number of ether oxygens (including phenoxy) is 1. The van der Waals surface area contributed by atoms with Gasteiger partial charge in [0.1, 0.15) is 5.75 Å². The molecule has 144 valence electrons. The van der Waals surface area contributed by atoms with Crippen molar-refractivity contribution in [1.29, 1.82) is 0 Å². The maximum Gasteiger partial charge on any atom is 0.265 e. The van der Waals surface area contributed by atoms with Crippen LogP contribution in [0.2, 0.25) is 0 Å². The Hall–Kier alpha value is -2.72. The van der Waals surface area contributed by atoms with Crippen molar-refractivity contribution >= 4 is 23.4 Å². The van der Waals surface area contributed by atoms with Crippen molar-refractivity contribution in [3.63, 3.8) is 0 Å². The van der Waals surface area contributed by atoms with Crippen molar-refractivity contribution in [3.8, 4) is 5.75 Å². The molecule has 3 aromatic rings. The Kier molecular flexibility index (Phi) is 7.15. The Balaban J connectivity index is 1.56. The van der Waals surface area contributed by atoms with Gasteiger partial charge in [0.25, 0.3) is 5.91 Å². The van der Waals surface area contributed by atoms with Crippen molar-refractivity contribution in [2.24, 2.45) is 0 Å². The Morgan fingerprint density at radius 2 is 1.64 bits per heavy atom. The maximum atomic E-state index is 12.6. The zero-order valence-electron chi connectivity index (χ0n) is 16.2. The molecule has 3 nitrogen and oxygen atoms in total. The van der Waals surface area contributed by atoms with Crippen LogP contribution in [0.4, 0.5) is 5.69 Å². The van der Waals surface area contributed by atoms with Crippen molar-refractivity contribution in [2.45, 2.75) is 37.0 Å². The van der Waals surface area contributed by atoms with Crippen LogP contribution >= 0.6 is 11.8 Å². The highest BCUT2D eigenvalue weighted by molar-refractivity contribution is 7.98. The van der Waals surface area contributed by atoms with Crippen LogP contribution in [-0.4, -0.2) is 12.0 Å². The molecular formula is C24H25NO2S. The number of nitrogens with one attached hydrogen (secondary N) is 1. The van der Waals surface area contributed by atoms with Gasteiger partial charge in [-0.2, -0.15) is 0 Å². The topological polar surface area (TPSA) is 38.3 Å². The second-order valence-electron chi connectivity index (χ2n) is 6.57. The molecular weight excluding hydrogens is 366 g/mol. The first kappa shape index (κ1) is 20.0. The maximum absolute atomic E-state index is 12.6. The molecule has 1 atom stereocenters. The van der Waals surface area contributed by atoms with Gasteiger partial charge in [0, 0.05) is 16.3 Å². The van der Waals surface area contributed by atoms with E-state index in [1.807, 2.05) is 68.4 Å².